The topological polar surface area (TPSA) is 79.4 Å². The summed E-state index contributed by atoms with van der Waals surface area (Å²) < 4.78 is 19.5. The first-order chi connectivity index (χ1) is 20.0. The molecule has 1 aliphatic rings. The molecule has 0 aliphatic carbocycles. The van der Waals surface area contributed by atoms with Crippen LogP contribution >= 0.6 is 11.6 Å². The third-order valence-electron chi connectivity index (χ3n) is 6.82. The van der Waals surface area contributed by atoms with Crippen molar-refractivity contribution in [1.29, 1.82) is 0 Å². The van der Waals surface area contributed by atoms with E-state index >= 15 is 0 Å². The molecule has 1 saturated heterocycles. The number of halogens is 1. The van der Waals surface area contributed by atoms with Gasteiger partial charge in [-0.15, -0.1) is 0 Å². The van der Waals surface area contributed by atoms with Gasteiger partial charge in [-0.05, 0) is 88.4 Å². The smallest absolute Gasteiger partial charge is 0.229 e. The molecule has 1 atom stereocenters. The first kappa shape index (κ1) is 35.4. The highest BCUT2D eigenvalue weighted by atomic mass is 35.5. The Morgan fingerprint density at radius 1 is 1.00 bits per heavy atom. The summed E-state index contributed by atoms with van der Waals surface area (Å²) in [6, 6.07) is 13.7. The summed E-state index contributed by atoms with van der Waals surface area (Å²) in [4.78, 5) is 12.0. The molecule has 42 heavy (non-hydrogen) atoms. The van der Waals surface area contributed by atoms with E-state index < -0.39 is 9.52 Å². The summed E-state index contributed by atoms with van der Waals surface area (Å²) in [5, 5.41) is 6.79. The molecule has 1 unspecified atom stereocenters. The van der Waals surface area contributed by atoms with Crippen molar-refractivity contribution in [3.63, 3.8) is 0 Å². The van der Waals surface area contributed by atoms with Gasteiger partial charge in [-0.25, -0.2) is 4.98 Å². The predicted molar refractivity (Wildman–Crippen MR) is 183 cm³/mol. The van der Waals surface area contributed by atoms with Gasteiger partial charge in [0.05, 0.1) is 28.6 Å². The van der Waals surface area contributed by atoms with Crippen LogP contribution in [0.25, 0.3) is 0 Å². The van der Waals surface area contributed by atoms with E-state index in [1.165, 1.54) is 5.56 Å². The van der Waals surface area contributed by atoms with Crippen molar-refractivity contribution in [1.82, 2.24) is 14.9 Å². The molecule has 2 N–H and O–H groups in total. The molecule has 1 aromatic heterocycles. The second-order valence-corrected chi connectivity index (χ2v) is 13.7. The van der Waals surface area contributed by atoms with E-state index in [-0.39, 0.29) is 11.4 Å². The van der Waals surface area contributed by atoms with E-state index in [9.17, 15) is 4.21 Å². The highest BCUT2D eigenvalue weighted by Gasteiger charge is 2.21. The number of nitrogens with one attached hydrogen (secondary N) is 2. The Balaban J connectivity index is 0.00000148. The number of rotatable bonds is 9. The standard InChI is InChI=1S/C29H38ClN5O2S.2C2H6/c1-19(2)37-26-17-22(21-13-15-35(5)16-14-21)11-12-24(26)33-29-31-18-23(30)28(34-29)32-25-9-7-8-10-27(25)38(6,36)20(3)4;2*1-2/h7-12,17-21H,6,13-16H2,1-5H3,(H2,31,32,33,34);2*1-2H3. The molecule has 9 heteroatoms. The van der Waals surface area contributed by atoms with E-state index in [1.54, 1.807) is 6.20 Å². The Hall–Kier alpha value is -2.81. The summed E-state index contributed by atoms with van der Waals surface area (Å²) in [6.45, 7) is 18.0. The molecule has 2 aromatic carbocycles. The first-order valence-corrected chi connectivity index (χ1v) is 17.2. The SMILES string of the molecule is C=S(=O)(c1ccccc1Nc1nc(Nc2ccc(C3CCN(C)CC3)cc2OC(C)C)ncc1Cl)C(C)C.CC.CC. The minimum absolute atomic E-state index is 0.0154. The van der Waals surface area contributed by atoms with E-state index in [4.69, 9.17) is 16.3 Å². The number of nitrogens with zero attached hydrogens (tertiary/aromatic N) is 3. The third kappa shape index (κ3) is 9.35. The quantitative estimate of drug-likeness (QED) is 0.233. The molecule has 0 radical (unpaired) electrons. The van der Waals surface area contributed by atoms with Crippen molar-refractivity contribution in [2.45, 2.75) is 90.4 Å². The van der Waals surface area contributed by atoms with Gasteiger partial charge in [0.25, 0.3) is 0 Å². The number of benzene rings is 2. The average Bonchev–Trinajstić information content (AvgIpc) is 2.98. The van der Waals surface area contributed by atoms with Gasteiger partial charge in [0.15, 0.2) is 5.82 Å². The second kappa shape index (κ2) is 16.7. The van der Waals surface area contributed by atoms with Gasteiger partial charge in [0.1, 0.15) is 10.8 Å². The molecule has 0 spiro atoms. The Kier molecular flexibility index (Phi) is 14.1. The fourth-order valence-corrected chi connectivity index (χ4v) is 5.92. The lowest BCUT2D eigenvalue weighted by molar-refractivity contribution is 0.241. The number of ether oxygens (including phenoxy) is 1. The minimum atomic E-state index is -2.52. The zero-order chi connectivity index (χ0) is 31.4. The van der Waals surface area contributed by atoms with Crippen LogP contribution in [0, 0.1) is 0 Å². The molecule has 7 nitrogen and oxygen atoms in total. The molecule has 0 amide bonds. The van der Waals surface area contributed by atoms with Crippen LogP contribution in [0.4, 0.5) is 23.1 Å². The number of anilines is 4. The molecular formula is C33H50ClN5O2S. The van der Waals surface area contributed by atoms with Crippen molar-refractivity contribution in [3.05, 3.63) is 59.2 Å². The van der Waals surface area contributed by atoms with Gasteiger partial charge in [0, 0.05) is 14.8 Å². The minimum Gasteiger partial charge on any atom is -0.489 e. The molecule has 1 fully saturated rings. The van der Waals surface area contributed by atoms with Gasteiger partial charge in [-0.2, -0.15) is 4.98 Å². The van der Waals surface area contributed by atoms with Crippen LogP contribution in [0.2, 0.25) is 5.02 Å². The molecule has 0 bridgehead atoms. The summed E-state index contributed by atoms with van der Waals surface area (Å²) in [6.07, 6.45) is 3.83. The van der Waals surface area contributed by atoms with Crippen LogP contribution in [-0.2, 0) is 9.52 Å². The second-order valence-electron chi connectivity index (χ2n) is 10.4. The predicted octanol–water partition coefficient (Wildman–Crippen LogP) is 8.75. The van der Waals surface area contributed by atoms with Gasteiger partial charge in [-0.3, -0.25) is 4.21 Å². The zero-order valence-corrected chi connectivity index (χ0v) is 28.4. The van der Waals surface area contributed by atoms with Gasteiger partial charge < -0.3 is 20.3 Å². The molecule has 2 heterocycles. The monoisotopic (exact) mass is 615 g/mol. The lowest BCUT2D eigenvalue weighted by Gasteiger charge is -2.29. The Bertz CT molecular complexity index is 1370. The molecule has 4 rings (SSSR count). The fourth-order valence-electron chi connectivity index (χ4n) is 4.48. The number of hydrogen-bond donors (Lipinski definition) is 2. The molecule has 0 saturated carbocycles. The number of para-hydroxylation sites is 1. The highest BCUT2D eigenvalue weighted by Crippen LogP contribution is 2.36. The maximum atomic E-state index is 13.3. The van der Waals surface area contributed by atoms with E-state index in [2.05, 4.69) is 50.6 Å². The van der Waals surface area contributed by atoms with Crippen LogP contribution in [0.3, 0.4) is 0 Å². The van der Waals surface area contributed by atoms with Crippen molar-refractivity contribution in [2.75, 3.05) is 30.8 Å². The fraction of sp³-hybridized carbons (Fsp3) is 0.485. The van der Waals surface area contributed by atoms with Crippen molar-refractivity contribution in [3.8, 4) is 5.75 Å². The van der Waals surface area contributed by atoms with Gasteiger partial charge in [0.2, 0.25) is 5.95 Å². The maximum absolute atomic E-state index is 13.3. The van der Waals surface area contributed by atoms with Crippen molar-refractivity contribution < 1.29 is 8.95 Å². The largest absolute Gasteiger partial charge is 0.489 e. The first-order valence-electron chi connectivity index (χ1n) is 15.1. The third-order valence-corrected chi connectivity index (χ3v) is 9.72. The van der Waals surface area contributed by atoms with Gasteiger partial charge >= 0.3 is 0 Å². The van der Waals surface area contributed by atoms with Crippen LogP contribution in [0.5, 0.6) is 5.75 Å². The van der Waals surface area contributed by atoms with Crippen molar-refractivity contribution >= 4 is 50.1 Å². The molecule has 3 aromatic rings. The van der Waals surface area contributed by atoms with E-state index in [0.29, 0.717) is 33.3 Å². The van der Waals surface area contributed by atoms with Crippen LogP contribution in [0.1, 0.15) is 79.7 Å². The summed E-state index contributed by atoms with van der Waals surface area (Å²) in [5.41, 5.74) is 2.72. The summed E-state index contributed by atoms with van der Waals surface area (Å²) >= 11 is 6.47. The molecule has 1 aliphatic heterocycles. The highest BCUT2D eigenvalue weighted by molar-refractivity contribution is 8.01. The Labute approximate surface area is 259 Å². The van der Waals surface area contributed by atoms with Crippen LogP contribution in [-0.4, -0.2) is 56.4 Å². The maximum Gasteiger partial charge on any atom is 0.229 e. The van der Waals surface area contributed by atoms with Crippen LogP contribution in [0.15, 0.2) is 53.6 Å². The Morgan fingerprint density at radius 2 is 1.64 bits per heavy atom. The van der Waals surface area contributed by atoms with Gasteiger partial charge in [-0.1, -0.05) is 71.3 Å². The normalized spacial score (nSPS) is 15.1. The number of piperidine rings is 1. The molecule has 232 valence electrons. The van der Waals surface area contributed by atoms with Crippen LogP contribution < -0.4 is 15.4 Å². The van der Waals surface area contributed by atoms with Crippen molar-refractivity contribution in [2.24, 2.45) is 0 Å². The molecular weight excluding hydrogens is 566 g/mol. The summed E-state index contributed by atoms with van der Waals surface area (Å²) in [7, 11) is -0.344. The summed E-state index contributed by atoms with van der Waals surface area (Å²) in [5.74, 6) is 6.07. The Morgan fingerprint density at radius 3 is 2.26 bits per heavy atom. The number of hydrogen-bond acceptors (Lipinski definition) is 7. The van der Waals surface area contributed by atoms with E-state index in [1.807, 2.05) is 85.7 Å². The lowest BCUT2D eigenvalue weighted by atomic mass is 9.89. The zero-order valence-electron chi connectivity index (χ0n) is 26.8. The van der Waals surface area contributed by atoms with E-state index in [0.717, 1.165) is 37.4 Å². The lowest BCUT2D eigenvalue weighted by Crippen LogP contribution is -2.29. The average molecular weight is 616 g/mol. The number of aromatic nitrogens is 2. The number of likely N-dealkylation sites (tertiary alicyclic amines) is 1.